The summed E-state index contributed by atoms with van der Waals surface area (Å²) in [5, 5.41) is 0. The molecule has 0 aliphatic heterocycles. The van der Waals surface area contributed by atoms with Crippen LogP contribution >= 0.6 is 31.9 Å². The minimum Gasteiger partial charge on any atom is -0.0654 e. The fourth-order valence-electron chi connectivity index (χ4n) is 2.23. The van der Waals surface area contributed by atoms with Crippen molar-refractivity contribution in [2.24, 2.45) is 11.8 Å². The molecule has 0 aromatic carbocycles. The second kappa shape index (κ2) is 6.23. The Morgan fingerprint density at radius 3 is 2.31 bits per heavy atom. The molecule has 0 N–H and O–H groups in total. The predicted octanol–water partition coefficient (Wildman–Crippen LogP) is 5.22. The minimum absolute atomic E-state index is 0.807. The highest BCUT2D eigenvalue weighted by molar-refractivity contribution is 9.28. The maximum Gasteiger partial charge on any atom is 0.0567 e. The number of hydrogen-bond acceptors (Lipinski definition) is 0. The highest BCUT2D eigenvalue weighted by atomic mass is 79.9. The van der Waals surface area contributed by atoms with E-state index in [0.717, 1.165) is 15.2 Å². The van der Waals surface area contributed by atoms with Crippen molar-refractivity contribution >= 4 is 31.9 Å². The van der Waals surface area contributed by atoms with Gasteiger partial charge in [0.2, 0.25) is 0 Å². The molecule has 13 heavy (non-hydrogen) atoms. The van der Waals surface area contributed by atoms with Crippen LogP contribution < -0.4 is 0 Å². The molecule has 0 nitrogen and oxygen atoms in total. The number of rotatable bonds is 3. The monoisotopic (exact) mass is 308 g/mol. The maximum atomic E-state index is 3.43. The Bertz CT molecular complexity index is 163. The first-order chi connectivity index (χ1) is 6.22. The largest absolute Gasteiger partial charge is 0.0654 e. The Morgan fingerprint density at radius 2 is 1.85 bits per heavy atom. The zero-order chi connectivity index (χ0) is 9.68. The van der Waals surface area contributed by atoms with Gasteiger partial charge in [0.05, 0.1) is 3.39 Å². The van der Waals surface area contributed by atoms with Gasteiger partial charge in [-0.1, -0.05) is 25.8 Å². The summed E-state index contributed by atoms with van der Waals surface area (Å²) in [5.74, 6) is 1.82. The molecular weight excluding hydrogens is 292 g/mol. The third-order valence-corrected chi connectivity index (χ3v) is 3.48. The molecule has 0 unspecified atom stereocenters. The quantitative estimate of drug-likeness (QED) is 0.670. The van der Waals surface area contributed by atoms with E-state index in [0.29, 0.717) is 0 Å². The standard InChI is InChI=1S/C11H18Br2/c1-2-3-9-4-6-10(7-5-9)8-11(12)13/h8-10H,2-7H2,1H3. The molecule has 0 aromatic heterocycles. The van der Waals surface area contributed by atoms with Crippen LogP contribution in [0, 0.1) is 11.8 Å². The van der Waals surface area contributed by atoms with Crippen molar-refractivity contribution in [2.45, 2.75) is 45.4 Å². The summed E-state index contributed by atoms with van der Waals surface area (Å²) in [6.45, 7) is 2.29. The molecule has 76 valence electrons. The van der Waals surface area contributed by atoms with E-state index in [1.54, 1.807) is 0 Å². The summed E-state index contributed by atoms with van der Waals surface area (Å²) in [6.07, 6.45) is 10.7. The van der Waals surface area contributed by atoms with Gasteiger partial charge in [0.15, 0.2) is 0 Å². The fourth-order valence-corrected chi connectivity index (χ4v) is 2.98. The first-order valence-corrected chi connectivity index (χ1v) is 6.83. The number of allylic oxidation sites excluding steroid dienone is 1. The zero-order valence-corrected chi connectivity index (χ0v) is 11.4. The Hall–Kier alpha value is 0.700. The van der Waals surface area contributed by atoms with E-state index in [1.807, 2.05) is 0 Å². The van der Waals surface area contributed by atoms with Crippen molar-refractivity contribution < 1.29 is 0 Å². The van der Waals surface area contributed by atoms with Crippen LogP contribution in [0.15, 0.2) is 9.47 Å². The average Bonchev–Trinajstić information content (AvgIpc) is 2.08. The second-order valence-corrected chi connectivity index (χ2v) is 6.80. The normalized spacial score (nSPS) is 28.5. The SMILES string of the molecule is CCCC1CCC(C=C(Br)Br)CC1. The lowest BCUT2D eigenvalue weighted by Crippen LogP contribution is -2.12. The van der Waals surface area contributed by atoms with E-state index in [1.165, 1.54) is 38.5 Å². The van der Waals surface area contributed by atoms with Gasteiger partial charge < -0.3 is 0 Å². The van der Waals surface area contributed by atoms with Crippen molar-refractivity contribution in [1.29, 1.82) is 0 Å². The summed E-state index contributed by atoms with van der Waals surface area (Å²) in [4.78, 5) is 0. The number of hydrogen-bond donors (Lipinski definition) is 0. The van der Waals surface area contributed by atoms with Crippen molar-refractivity contribution in [3.05, 3.63) is 9.47 Å². The van der Waals surface area contributed by atoms with Crippen LogP contribution in [0.2, 0.25) is 0 Å². The third kappa shape index (κ3) is 4.64. The van der Waals surface area contributed by atoms with Crippen LogP contribution in [-0.4, -0.2) is 0 Å². The Labute approximate surface area is 98.4 Å². The number of halogens is 2. The van der Waals surface area contributed by atoms with Crippen molar-refractivity contribution in [3.8, 4) is 0 Å². The molecule has 1 rings (SSSR count). The molecular formula is C11H18Br2. The summed E-state index contributed by atoms with van der Waals surface area (Å²) < 4.78 is 1.12. The van der Waals surface area contributed by atoms with Gasteiger partial charge in [-0.3, -0.25) is 0 Å². The summed E-state index contributed by atoms with van der Waals surface area (Å²) in [5.41, 5.74) is 0. The van der Waals surface area contributed by atoms with E-state index in [-0.39, 0.29) is 0 Å². The topological polar surface area (TPSA) is 0 Å². The van der Waals surface area contributed by atoms with Crippen molar-refractivity contribution in [3.63, 3.8) is 0 Å². The predicted molar refractivity (Wildman–Crippen MR) is 66.3 cm³/mol. The van der Waals surface area contributed by atoms with Gasteiger partial charge in [-0.15, -0.1) is 0 Å². The van der Waals surface area contributed by atoms with E-state index in [9.17, 15) is 0 Å². The van der Waals surface area contributed by atoms with E-state index in [2.05, 4.69) is 44.9 Å². The van der Waals surface area contributed by atoms with Crippen LogP contribution in [0.5, 0.6) is 0 Å². The summed E-state index contributed by atoms with van der Waals surface area (Å²) in [6, 6.07) is 0. The molecule has 0 heterocycles. The molecule has 0 amide bonds. The Kier molecular flexibility index (Phi) is 5.65. The first kappa shape index (κ1) is 11.8. The van der Waals surface area contributed by atoms with Gasteiger partial charge in [0.25, 0.3) is 0 Å². The minimum atomic E-state index is 0.807. The van der Waals surface area contributed by atoms with Crippen LogP contribution in [-0.2, 0) is 0 Å². The smallest absolute Gasteiger partial charge is 0.0567 e. The molecule has 0 bridgehead atoms. The summed E-state index contributed by atoms with van der Waals surface area (Å²) >= 11 is 6.87. The van der Waals surface area contributed by atoms with Crippen LogP contribution in [0.4, 0.5) is 0 Å². The lowest BCUT2D eigenvalue weighted by Gasteiger charge is -2.26. The first-order valence-electron chi connectivity index (χ1n) is 5.25. The van der Waals surface area contributed by atoms with Gasteiger partial charge in [0.1, 0.15) is 0 Å². The van der Waals surface area contributed by atoms with E-state index >= 15 is 0 Å². The highest BCUT2D eigenvalue weighted by Gasteiger charge is 2.18. The van der Waals surface area contributed by atoms with Gasteiger partial charge in [0, 0.05) is 0 Å². The fraction of sp³-hybridized carbons (Fsp3) is 0.818. The molecule has 0 saturated heterocycles. The van der Waals surface area contributed by atoms with Crippen molar-refractivity contribution in [2.75, 3.05) is 0 Å². The molecule has 1 aliphatic rings. The molecule has 0 atom stereocenters. The highest BCUT2D eigenvalue weighted by Crippen LogP contribution is 2.33. The van der Waals surface area contributed by atoms with E-state index < -0.39 is 0 Å². The van der Waals surface area contributed by atoms with Gasteiger partial charge in [-0.2, -0.15) is 0 Å². The molecule has 1 saturated carbocycles. The van der Waals surface area contributed by atoms with Gasteiger partial charge in [-0.05, 0) is 69.4 Å². The zero-order valence-electron chi connectivity index (χ0n) is 8.23. The molecule has 1 aliphatic carbocycles. The summed E-state index contributed by atoms with van der Waals surface area (Å²) in [7, 11) is 0. The molecule has 1 fully saturated rings. The molecule has 2 heteroatoms. The molecule has 0 spiro atoms. The lowest BCUT2D eigenvalue weighted by molar-refractivity contribution is 0.294. The van der Waals surface area contributed by atoms with Crippen LogP contribution in [0.1, 0.15) is 45.4 Å². The lowest BCUT2D eigenvalue weighted by atomic mass is 9.80. The average molecular weight is 310 g/mol. The second-order valence-electron chi connectivity index (χ2n) is 4.03. The third-order valence-electron chi connectivity index (χ3n) is 2.95. The molecule has 0 radical (unpaired) electrons. The Morgan fingerprint density at radius 1 is 1.23 bits per heavy atom. The van der Waals surface area contributed by atoms with Gasteiger partial charge in [-0.25, -0.2) is 0 Å². The van der Waals surface area contributed by atoms with Gasteiger partial charge >= 0.3 is 0 Å². The van der Waals surface area contributed by atoms with E-state index in [4.69, 9.17) is 0 Å². The van der Waals surface area contributed by atoms with Crippen LogP contribution in [0.25, 0.3) is 0 Å². The molecule has 0 aromatic rings. The Balaban J connectivity index is 2.26. The van der Waals surface area contributed by atoms with Crippen LogP contribution in [0.3, 0.4) is 0 Å². The van der Waals surface area contributed by atoms with Crippen molar-refractivity contribution in [1.82, 2.24) is 0 Å². The maximum absolute atomic E-state index is 3.43.